The summed E-state index contributed by atoms with van der Waals surface area (Å²) in [6.07, 6.45) is -1.50. The van der Waals surface area contributed by atoms with Gasteiger partial charge < -0.3 is 21.3 Å². The number of halogens is 3. The summed E-state index contributed by atoms with van der Waals surface area (Å²) in [5, 5.41) is 12.5. The molecule has 3 heterocycles. The van der Waals surface area contributed by atoms with Crippen molar-refractivity contribution >= 4 is 40.3 Å². The zero-order valence-corrected chi connectivity index (χ0v) is 19.5. The molecule has 0 saturated carbocycles. The summed E-state index contributed by atoms with van der Waals surface area (Å²) in [6, 6.07) is 7.27. The van der Waals surface area contributed by atoms with E-state index in [1.165, 1.54) is 6.07 Å². The molecule has 178 valence electrons. The molecule has 34 heavy (non-hydrogen) atoms. The molecule has 2 aromatic heterocycles. The maximum Gasteiger partial charge on any atom is 0.416 e. The Morgan fingerprint density at radius 1 is 1.12 bits per heavy atom. The first-order valence-corrected chi connectivity index (χ1v) is 11.2. The predicted octanol–water partition coefficient (Wildman–Crippen LogP) is 4.93. The van der Waals surface area contributed by atoms with Crippen LogP contribution in [-0.4, -0.2) is 40.1 Å². The fraction of sp³-hybridized carbons (Fsp3) is 0.304. The molecule has 0 atom stereocenters. The third kappa shape index (κ3) is 5.42. The fourth-order valence-corrected chi connectivity index (χ4v) is 3.89. The van der Waals surface area contributed by atoms with Crippen LogP contribution in [-0.2, 0) is 12.6 Å². The van der Waals surface area contributed by atoms with Gasteiger partial charge >= 0.3 is 6.18 Å². The van der Waals surface area contributed by atoms with Gasteiger partial charge in [0.25, 0.3) is 0 Å². The van der Waals surface area contributed by atoms with Gasteiger partial charge in [-0.05, 0) is 51.2 Å². The van der Waals surface area contributed by atoms with Crippen molar-refractivity contribution < 1.29 is 13.2 Å². The van der Waals surface area contributed by atoms with Crippen molar-refractivity contribution in [2.24, 2.45) is 0 Å². The molecule has 7 nitrogen and oxygen atoms in total. The van der Waals surface area contributed by atoms with Crippen molar-refractivity contribution in [1.82, 2.24) is 20.3 Å². The molecule has 0 unspecified atom stereocenters. The van der Waals surface area contributed by atoms with E-state index in [1.54, 1.807) is 6.20 Å². The number of nitrogens with zero attached hydrogens (tertiary/aromatic N) is 3. The number of pyridine rings is 1. The van der Waals surface area contributed by atoms with E-state index in [-0.39, 0.29) is 5.69 Å². The second kappa shape index (κ2) is 9.90. The van der Waals surface area contributed by atoms with Gasteiger partial charge in [0.15, 0.2) is 0 Å². The largest absolute Gasteiger partial charge is 0.416 e. The molecule has 0 bridgehead atoms. The van der Waals surface area contributed by atoms with E-state index >= 15 is 0 Å². The second-order valence-electron chi connectivity index (χ2n) is 7.89. The number of fused-ring (bicyclic) bond motifs is 3. The average molecular weight is 488 g/mol. The number of hydrogen-bond acceptors (Lipinski definition) is 7. The van der Waals surface area contributed by atoms with Crippen molar-refractivity contribution in [3.05, 3.63) is 53.3 Å². The van der Waals surface area contributed by atoms with Gasteiger partial charge in [-0.2, -0.15) is 13.2 Å². The van der Waals surface area contributed by atoms with E-state index in [4.69, 9.17) is 12.2 Å². The second-order valence-corrected chi connectivity index (χ2v) is 8.38. The Kier molecular flexibility index (Phi) is 6.94. The number of aromatic nitrogens is 3. The van der Waals surface area contributed by atoms with Crippen molar-refractivity contribution in [3.63, 3.8) is 0 Å². The minimum absolute atomic E-state index is 0.273. The van der Waals surface area contributed by atoms with E-state index in [2.05, 4.69) is 36.2 Å². The fourth-order valence-electron chi connectivity index (χ4n) is 3.62. The molecular weight excluding hydrogens is 463 g/mol. The standard InChI is InChI=1S/C23H24F3N7S/c1-13-17(6-7-19(30-13)28-9-3-8-27-2)32-22-29-12-14-10-20(34)31-18-11-15(23(24,25)26)4-5-16(18)21(14)33-22/h4-7,11-12,27H,3,8-10H2,1-2H3,(H,28,30)(H,31,34)(H,29,32,33). The Hall–Kier alpha value is -3.31. The zero-order chi connectivity index (χ0) is 24.3. The smallest absolute Gasteiger partial charge is 0.370 e. The molecule has 0 amide bonds. The van der Waals surface area contributed by atoms with E-state index in [9.17, 15) is 13.2 Å². The highest BCUT2D eigenvalue weighted by molar-refractivity contribution is 7.80. The third-order valence-corrected chi connectivity index (χ3v) is 5.58. The Labute approximate surface area is 200 Å². The van der Waals surface area contributed by atoms with Gasteiger partial charge in [-0.3, -0.25) is 0 Å². The van der Waals surface area contributed by atoms with Crippen LogP contribution >= 0.6 is 12.2 Å². The summed E-state index contributed by atoms with van der Waals surface area (Å²) >= 11 is 5.31. The number of anilines is 4. The lowest BCUT2D eigenvalue weighted by Crippen LogP contribution is -2.13. The average Bonchev–Trinajstić information content (AvgIpc) is 2.92. The van der Waals surface area contributed by atoms with Gasteiger partial charge in [0.1, 0.15) is 5.82 Å². The molecule has 1 aromatic carbocycles. The normalized spacial score (nSPS) is 12.9. The number of aryl methyl sites for hydroxylation is 1. The number of benzene rings is 1. The Balaban J connectivity index is 1.60. The first kappa shape index (κ1) is 23.8. The number of nitrogens with one attached hydrogen (secondary N) is 4. The molecule has 0 saturated heterocycles. The first-order valence-electron chi connectivity index (χ1n) is 10.7. The Bertz CT molecular complexity index is 1210. The molecule has 4 N–H and O–H groups in total. The number of rotatable bonds is 7. The maximum absolute atomic E-state index is 13.2. The van der Waals surface area contributed by atoms with Crippen molar-refractivity contribution in [3.8, 4) is 11.3 Å². The van der Waals surface area contributed by atoms with Crippen LogP contribution in [0.3, 0.4) is 0 Å². The van der Waals surface area contributed by atoms with Crippen molar-refractivity contribution in [2.45, 2.75) is 25.9 Å². The molecule has 11 heteroatoms. The number of thiocarbonyl (C=S) groups is 1. The summed E-state index contributed by atoms with van der Waals surface area (Å²) in [5.41, 5.74) is 2.81. The summed E-state index contributed by atoms with van der Waals surface area (Å²) in [4.78, 5) is 14.0. The molecule has 4 rings (SSSR count). The molecular formula is C23H24F3N7S. The molecule has 0 radical (unpaired) electrons. The van der Waals surface area contributed by atoms with Gasteiger partial charge in [0.05, 0.1) is 27.6 Å². The van der Waals surface area contributed by atoms with Gasteiger partial charge in [0.2, 0.25) is 5.95 Å². The van der Waals surface area contributed by atoms with E-state index in [0.717, 1.165) is 54.4 Å². The lowest BCUT2D eigenvalue weighted by molar-refractivity contribution is -0.137. The highest BCUT2D eigenvalue weighted by Gasteiger charge is 2.32. The van der Waals surface area contributed by atoms with Gasteiger partial charge in [0, 0.05) is 36.0 Å². The topological polar surface area (TPSA) is 86.8 Å². The van der Waals surface area contributed by atoms with Gasteiger partial charge in [-0.25, -0.2) is 15.0 Å². The highest BCUT2D eigenvalue weighted by atomic mass is 32.1. The van der Waals surface area contributed by atoms with E-state index < -0.39 is 11.7 Å². The molecule has 1 aliphatic heterocycles. The van der Waals surface area contributed by atoms with Crippen LogP contribution in [0.15, 0.2) is 36.5 Å². The van der Waals surface area contributed by atoms with Crippen LogP contribution in [0.25, 0.3) is 11.3 Å². The van der Waals surface area contributed by atoms with Crippen LogP contribution in [0.1, 0.15) is 23.2 Å². The molecule has 0 spiro atoms. The van der Waals surface area contributed by atoms with Crippen LogP contribution in [0.4, 0.5) is 36.3 Å². The van der Waals surface area contributed by atoms with Crippen LogP contribution in [0, 0.1) is 6.92 Å². The molecule has 1 aliphatic rings. The minimum atomic E-state index is -4.45. The van der Waals surface area contributed by atoms with E-state index in [1.807, 2.05) is 26.1 Å². The lowest BCUT2D eigenvalue weighted by atomic mass is 10.0. The number of alkyl halides is 3. The monoisotopic (exact) mass is 487 g/mol. The lowest BCUT2D eigenvalue weighted by Gasteiger charge is -2.14. The third-order valence-electron chi connectivity index (χ3n) is 5.33. The number of hydrogen-bond donors (Lipinski definition) is 4. The van der Waals surface area contributed by atoms with E-state index in [0.29, 0.717) is 28.6 Å². The quantitative estimate of drug-likeness (QED) is 0.276. The molecule has 0 fully saturated rings. The van der Waals surface area contributed by atoms with Crippen LogP contribution in [0.2, 0.25) is 0 Å². The summed E-state index contributed by atoms with van der Waals surface area (Å²) < 4.78 is 39.7. The highest BCUT2D eigenvalue weighted by Crippen LogP contribution is 2.38. The van der Waals surface area contributed by atoms with Crippen LogP contribution < -0.4 is 21.3 Å². The Morgan fingerprint density at radius 2 is 1.94 bits per heavy atom. The zero-order valence-electron chi connectivity index (χ0n) is 18.7. The minimum Gasteiger partial charge on any atom is -0.370 e. The first-order chi connectivity index (χ1) is 16.2. The molecule has 3 aromatic rings. The summed E-state index contributed by atoms with van der Waals surface area (Å²) in [5.74, 6) is 1.09. The SMILES string of the molecule is CNCCCNc1ccc(Nc2ncc3c(n2)-c2ccc(C(F)(F)F)cc2NC(=S)C3)c(C)n1. The summed E-state index contributed by atoms with van der Waals surface area (Å²) in [7, 11) is 1.91. The van der Waals surface area contributed by atoms with Gasteiger partial charge in [-0.15, -0.1) is 0 Å². The van der Waals surface area contributed by atoms with Crippen molar-refractivity contribution in [1.29, 1.82) is 0 Å². The van der Waals surface area contributed by atoms with Gasteiger partial charge in [-0.1, -0.05) is 18.3 Å². The Morgan fingerprint density at radius 3 is 2.68 bits per heavy atom. The van der Waals surface area contributed by atoms with Crippen molar-refractivity contribution in [2.75, 3.05) is 36.1 Å². The maximum atomic E-state index is 13.2. The summed E-state index contributed by atoms with van der Waals surface area (Å²) in [6.45, 7) is 3.60. The predicted molar refractivity (Wildman–Crippen MR) is 132 cm³/mol. The molecule has 0 aliphatic carbocycles. The van der Waals surface area contributed by atoms with Crippen LogP contribution in [0.5, 0.6) is 0 Å².